The molecule has 1 aliphatic rings. The van der Waals surface area contributed by atoms with Gasteiger partial charge in [0, 0.05) is 35.8 Å². The Labute approximate surface area is 194 Å². The van der Waals surface area contributed by atoms with Crippen LogP contribution in [0.1, 0.15) is 21.9 Å². The van der Waals surface area contributed by atoms with Gasteiger partial charge in [-0.2, -0.15) is 0 Å². The summed E-state index contributed by atoms with van der Waals surface area (Å²) in [5.41, 5.74) is 1.12. The Kier molecular flexibility index (Phi) is 6.29. The maximum Gasteiger partial charge on any atom is 0.278 e. The number of carbonyl (C=O) groups excluding carboxylic acids is 2. The van der Waals surface area contributed by atoms with Gasteiger partial charge in [-0.3, -0.25) is 14.5 Å². The number of carbonyl (C=O) groups is 2. The number of ether oxygens (including phenoxy) is 2. The van der Waals surface area contributed by atoms with Crippen LogP contribution < -0.4 is 19.3 Å². The monoisotopic (exact) mass is 465 g/mol. The topological polar surface area (TPSA) is 72.0 Å². The zero-order valence-electron chi connectivity index (χ0n) is 17.9. The number of amides is 2. The molecule has 2 aromatic carbocycles. The Morgan fingerprint density at radius 2 is 1.88 bits per heavy atom. The molecule has 2 heterocycles. The fourth-order valence-corrected chi connectivity index (χ4v) is 4.31. The molecule has 1 saturated heterocycles. The second kappa shape index (κ2) is 9.30. The number of rotatable bonds is 6. The minimum Gasteiger partial charge on any atom is -0.497 e. The van der Waals surface area contributed by atoms with E-state index in [9.17, 15) is 14.0 Å². The number of hydrogen-bond acceptors (Lipinski definition) is 6. The molecular formula is C24H20FN3O4S. The molecule has 2 amide bonds. The third-order valence-corrected chi connectivity index (χ3v) is 6.08. The minimum atomic E-state index is -0.810. The fraction of sp³-hybridized carbons (Fsp3) is 0.208. The number of halogens is 1. The summed E-state index contributed by atoms with van der Waals surface area (Å²) in [6.45, 7) is 0.368. The normalized spacial score (nSPS) is 15.3. The highest BCUT2D eigenvalue weighted by Crippen LogP contribution is 2.34. The lowest BCUT2D eigenvalue weighted by Gasteiger charge is -2.28. The summed E-state index contributed by atoms with van der Waals surface area (Å²) in [4.78, 5) is 34.2. The molecule has 1 aromatic heterocycles. The zero-order chi connectivity index (χ0) is 23.5. The predicted molar refractivity (Wildman–Crippen MR) is 124 cm³/mol. The number of methoxy groups -OCH3 is 2. The molecule has 0 saturated carbocycles. The summed E-state index contributed by atoms with van der Waals surface area (Å²) >= 11 is 1.17. The lowest BCUT2D eigenvalue weighted by Crippen LogP contribution is -2.46. The van der Waals surface area contributed by atoms with E-state index in [0.717, 1.165) is 0 Å². The van der Waals surface area contributed by atoms with Crippen LogP contribution in [0.4, 0.5) is 15.8 Å². The van der Waals surface area contributed by atoms with Gasteiger partial charge in [0.2, 0.25) is 5.91 Å². The Hall–Kier alpha value is -3.90. The molecular weight excluding hydrogens is 445 g/mol. The third kappa shape index (κ3) is 4.38. The highest BCUT2D eigenvalue weighted by molar-refractivity contribution is 7.10. The first kappa shape index (κ1) is 22.3. The summed E-state index contributed by atoms with van der Waals surface area (Å²) in [6, 6.07) is 9.84. The van der Waals surface area contributed by atoms with E-state index in [1.54, 1.807) is 23.6 Å². The Morgan fingerprint density at radius 3 is 2.45 bits per heavy atom. The average molecular weight is 466 g/mol. The molecule has 1 atom stereocenters. The molecule has 1 unspecified atom stereocenters. The first-order valence-electron chi connectivity index (χ1n) is 10.0. The van der Waals surface area contributed by atoms with Crippen LogP contribution in [0.2, 0.25) is 0 Å². The van der Waals surface area contributed by atoms with E-state index < -0.39 is 17.8 Å². The van der Waals surface area contributed by atoms with Crippen molar-refractivity contribution < 1.29 is 23.5 Å². The molecule has 0 aliphatic carbocycles. The molecule has 168 valence electrons. The van der Waals surface area contributed by atoms with Crippen molar-refractivity contribution >= 4 is 34.5 Å². The highest BCUT2D eigenvalue weighted by Gasteiger charge is 2.41. The molecule has 4 rings (SSSR count). The average Bonchev–Trinajstić information content (AvgIpc) is 3.47. The van der Waals surface area contributed by atoms with Gasteiger partial charge in [-0.15, -0.1) is 17.8 Å². The van der Waals surface area contributed by atoms with Crippen molar-refractivity contribution in [3.63, 3.8) is 0 Å². The van der Waals surface area contributed by atoms with Crippen LogP contribution in [0.15, 0.2) is 47.8 Å². The minimum absolute atomic E-state index is 0.141. The van der Waals surface area contributed by atoms with Gasteiger partial charge in [0.05, 0.1) is 19.9 Å². The van der Waals surface area contributed by atoms with Crippen LogP contribution in [-0.4, -0.2) is 43.6 Å². The number of thiazole rings is 1. The van der Waals surface area contributed by atoms with Crippen LogP contribution >= 0.6 is 11.3 Å². The number of nitrogens with zero attached hydrogens (tertiary/aromatic N) is 3. The Morgan fingerprint density at radius 1 is 1.21 bits per heavy atom. The van der Waals surface area contributed by atoms with E-state index in [0.29, 0.717) is 40.8 Å². The van der Waals surface area contributed by atoms with Crippen LogP contribution in [0.25, 0.3) is 0 Å². The standard InChI is InChI=1S/C24H20FN3O4S/c1-4-22-26-20(14-33-22)23(29)28(17-11-18(31-2)13-19(12-17)32-3)21-9-10-27(24(21)30)16-7-5-15(25)6-8-16/h1,5-8,11-14,21H,9-10H2,2-3H3. The number of aromatic nitrogens is 1. The van der Waals surface area contributed by atoms with E-state index in [-0.39, 0.29) is 11.6 Å². The number of benzene rings is 2. The maximum absolute atomic E-state index is 13.6. The SMILES string of the molecule is C#Cc1nc(C(=O)N(c2cc(OC)cc(OC)c2)C2CCN(c3ccc(F)cc3)C2=O)cs1. The van der Waals surface area contributed by atoms with Crippen molar-refractivity contribution in [3.05, 3.63) is 64.4 Å². The maximum atomic E-state index is 13.6. The number of anilines is 2. The summed E-state index contributed by atoms with van der Waals surface area (Å²) < 4.78 is 24.1. The van der Waals surface area contributed by atoms with Gasteiger partial charge in [0.15, 0.2) is 5.01 Å². The zero-order valence-corrected chi connectivity index (χ0v) is 18.8. The summed E-state index contributed by atoms with van der Waals surface area (Å²) in [5, 5.41) is 1.94. The summed E-state index contributed by atoms with van der Waals surface area (Å²) in [7, 11) is 3.00. The molecule has 0 radical (unpaired) electrons. The molecule has 0 spiro atoms. The van der Waals surface area contributed by atoms with Crippen molar-refractivity contribution in [3.8, 4) is 23.8 Å². The Bertz CT molecular complexity index is 1210. The third-order valence-electron chi connectivity index (χ3n) is 5.31. The van der Waals surface area contributed by atoms with E-state index in [2.05, 4.69) is 10.9 Å². The smallest absolute Gasteiger partial charge is 0.278 e. The molecule has 3 aromatic rings. The molecule has 0 N–H and O–H groups in total. The molecule has 0 bridgehead atoms. The van der Waals surface area contributed by atoms with Crippen molar-refractivity contribution in [2.24, 2.45) is 0 Å². The fourth-order valence-electron chi connectivity index (χ4n) is 3.71. The van der Waals surface area contributed by atoms with E-state index in [1.807, 2.05) is 0 Å². The van der Waals surface area contributed by atoms with Gasteiger partial charge in [-0.25, -0.2) is 9.37 Å². The molecule has 9 heteroatoms. The molecule has 1 aliphatic heterocycles. The first-order valence-corrected chi connectivity index (χ1v) is 10.9. The number of terminal acetylenes is 1. The van der Waals surface area contributed by atoms with Gasteiger partial charge >= 0.3 is 0 Å². The molecule has 1 fully saturated rings. The van der Waals surface area contributed by atoms with Gasteiger partial charge in [0.25, 0.3) is 5.91 Å². The van der Waals surface area contributed by atoms with Gasteiger partial charge in [-0.1, -0.05) is 0 Å². The molecule has 7 nitrogen and oxygen atoms in total. The van der Waals surface area contributed by atoms with Gasteiger partial charge in [-0.05, 0) is 36.6 Å². The largest absolute Gasteiger partial charge is 0.497 e. The van der Waals surface area contributed by atoms with Crippen LogP contribution in [0.3, 0.4) is 0 Å². The Balaban J connectivity index is 1.76. The quantitative estimate of drug-likeness (QED) is 0.519. The van der Waals surface area contributed by atoms with E-state index in [1.165, 1.54) is 59.6 Å². The second-order valence-corrected chi connectivity index (χ2v) is 8.06. The first-order chi connectivity index (χ1) is 15.9. The van der Waals surface area contributed by atoms with Gasteiger partial charge in [0.1, 0.15) is 29.1 Å². The lowest BCUT2D eigenvalue weighted by atomic mass is 10.1. The van der Waals surface area contributed by atoms with Crippen LogP contribution in [0, 0.1) is 18.2 Å². The highest BCUT2D eigenvalue weighted by atomic mass is 32.1. The van der Waals surface area contributed by atoms with Crippen molar-refractivity contribution in [2.45, 2.75) is 12.5 Å². The summed E-state index contributed by atoms with van der Waals surface area (Å²) in [6.07, 6.45) is 5.78. The number of hydrogen-bond donors (Lipinski definition) is 0. The second-order valence-electron chi connectivity index (χ2n) is 7.20. The van der Waals surface area contributed by atoms with Gasteiger partial charge < -0.3 is 14.4 Å². The van der Waals surface area contributed by atoms with Crippen molar-refractivity contribution in [2.75, 3.05) is 30.6 Å². The molecule has 33 heavy (non-hydrogen) atoms. The van der Waals surface area contributed by atoms with E-state index in [4.69, 9.17) is 15.9 Å². The van der Waals surface area contributed by atoms with Crippen LogP contribution in [0.5, 0.6) is 11.5 Å². The summed E-state index contributed by atoms with van der Waals surface area (Å²) in [5.74, 6) is 2.20. The van der Waals surface area contributed by atoms with Crippen molar-refractivity contribution in [1.82, 2.24) is 4.98 Å². The van der Waals surface area contributed by atoms with E-state index >= 15 is 0 Å². The van der Waals surface area contributed by atoms with Crippen molar-refractivity contribution in [1.29, 1.82) is 0 Å². The van der Waals surface area contributed by atoms with Crippen LogP contribution in [-0.2, 0) is 4.79 Å². The lowest BCUT2D eigenvalue weighted by molar-refractivity contribution is -0.118. The predicted octanol–water partition coefficient (Wildman–Crippen LogP) is 3.73.